The molecular formula is C27H28N3O+. The maximum absolute atomic E-state index is 11.7. The first-order valence-electron chi connectivity index (χ1n) is 11.1. The predicted molar refractivity (Wildman–Crippen MR) is 122 cm³/mol. The number of para-hydroxylation sites is 1. The van der Waals surface area contributed by atoms with Crippen molar-refractivity contribution >= 4 is 10.9 Å². The monoisotopic (exact) mass is 410 g/mol. The van der Waals surface area contributed by atoms with Crippen LogP contribution < -0.4 is 0 Å². The average molecular weight is 411 g/mol. The van der Waals surface area contributed by atoms with Gasteiger partial charge in [-0.1, -0.05) is 36.4 Å². The van der Waals surface area contributed by atoms with Gasteiger partial charge in [0.2, 0.25) is 0 Å². The third-order valence-electron chi connectivity index (χ3n) is 7.62. The molecule has 4 heteroatoms. The Hall–Kier alpha value is -3.00. The molecule has 1 N–H and O–H groups in total. The molecule has 6 rings (SSSR count). The van der Waals surface area contributed by atoms with Crippen LogP contribution in [0.1, 0.15) is 35.6 Å². The molecule has 0 spiro atoms. The van der Waals surface area contributed by atoms with Crippen molar-refractivity contribution < 1.29 is 9.59 Å². The van der Waals surface area contributed by atoms with Gasteiger partial charge in [-0.25, -0.2) is 0 Å². The summed E-state index contributed by atoms with van der Waals surface area (Å²) in [6.45, 7) is 7.07. The summed E-state index contributed by atoms with van der Waals surface area (Å²) in [4.78, 5) is 4.49. The maximum Gasteiger partial charge on any atom is 0.131 e. The molecule has 3 saturated heterocycles. The van der Waals surface area contributed by atoms with E-state index in [9.17, 15) is 5.11 Å². The third-order valence-corrected chi connectivity index (χ3v) is 7.62. The Morgan fingerprint density at radius 1 is 1.19 bits per heavy atom. The van der Waals surface area contributed by atoms with Gasteiger partial charge in [-0.05, 0) is 35.7 Å². The topological polar surface area (TPSA) is 56.9 Å². The number of nitriles is 1. The summed E-state index contributed by atoms with van der Waals surface area (Å²) in [5.74, 6) is 1.08. The van der Waals surface area contributed by atoms with Gasteiger partial charge in [0.25, 0.3) is 0 Å². The number of benzene rings is 2. The van der Waals surface area contributed by atoms with Crippen molar-refractivity contribution in [1.82, 2.24) is 4.98 Å². The van der Waals surface area contributed by atoms with Crippen molar-refractivity contribution in [2.24, 2.45) is 11.8 Å². The molecule has 3 aliphatic heterocycles. The van der Waals surface area contributed by atoms with Crippen LogP contribution in [0.2, 0.25) is 0 Å². The van der Waals surface area contributed by atoms with Crippen molar-refractivity contribution in [2.75, 3.05) is 13.1 Å². The van der Waals surface area contributed by atoms with E-state index >= 15 is 0 Å². The van der Waals surface area contributed by atoms with Crippen LogP contribution in [0.15, 0.2) is 73.4 Å². The smallest absolute Gasteiger partial charge is 0.131 e. The first-order chi connectivity index (χ1) is 15.1. The van der Waals surface area contributed by atoms with Gasteiger partial charge in [0.1, 0.15) is 18.7 Å². The van der Waals surface area contributed by atoms with E-state index < -0.39 is 6.10 Å². The second-order valence-corrected chi connectivity index (χ2v) is 9.21. The number of fused-ring (bicyclic) bond motifs is 4. The van der Waals surface area contributed by atoms with Crippen LogP contribution in [-0.2, 0) is 6.54 Å². The molecule has 5 atom stereocenters. The summed E-state index contributed by atoms with van der Waals surface area (Å²) in [6, 6.07) is 20.3. The van der Waals surface area contributed by atoms with Gasteiger partial charge in [-0.3, -0.25) is 4.98 Å². The van der Waals surface area contributed by atoms with Crippen LogP contribution in [0.3, 0.4) is 0 Å². The Morgan fingerprint density at radius 3 is 2.77 bits per heavy atom. The van der Waals surface area contributed by atoms with E-state index in [1.165, 1.54) is 12.0 Å². The zero-order valence-electron chi connectivity index (χ0n) is 17.7. The zero-order valence-corrected chi connectivity index (χ0v) is 17.7. The molecule has 156 valence electrons. The number of aromatic nitrogens is 1. The van der Waals surface area contributed by atoms with Gasteiger partial charge in [0.05, 0.1) is 30.2 Å². The lowest BCUT2D eigenvalue weighted by atomic mass is 9.71. The fourth-order valence-electron chi connectivity index (χ4n) is 6.01. The number of piperidine rings is 3. The van der Waals surface area contributed by atoms with Crippen molar-refractivity contribution in [1.29, 1.82) is 5.26 Å². The second kappa shape index (κ2) is 7.92. The SMILES string of the molecule is C=CC1C[N@@+]2(Cc3ccc(C#N)cc3)CC[C@H]1C[C@H]2[C@H](O)c1ccnc2ccccc12. The number of hydrogen-bond donors (Lipinski definition) is 1. The molecule has 2 aromatic carbocycles. The molecule has 0 amide bonds. The van der Waals surface area contributed by atoms with E-state index in [0.29, 0.717) is 17.4 Å². The molecule has 3 aromatic rings. The lowest BCUT2D eigenvalue weighted by Crippen LogP contribution is -2.67. The fourth-order valence-corrected chi connectivity index (χ4v) is 6.01. The highest BCUT2D eigenvalue weighted by molar-refractivity contribution is 5.82. The Balaban J connectivity index is 1.54. The molecule has 2 bridgehead atoms. The minimum atomic E-state index is -0.542. The van der Waals surface area contributed by atoms with E-state index in [1.54, 1.807) is 0 Å². The van der Waals surface area contributed by atoms with Gasteiger partial charge >= 0.3 is 0 Å². The zero-order chi connectivity index (χ0) is 21.4. The number of pyridine rings is 1. The van der Waals surface area contributed by atoms with Crippen molar-refractivity contribution in [3.8, 4) is 6.07 Å². The van der Waals surface area contributed by atoms with E-state index in [4.69, 9.17) is 5.26 Å². The Labute approximate surface area is 183 Å². The molecule has 4 nitrogen and oxygen atoms in total. The van der Waals surface area contributed by atoms with Crippen LogP contribution in [0.5, 0.6) is 0 Å². The minimum absolute atomic E-state index is 0.136. The van der Waals surface area contributed by atoms with E-state index in [1.807, 2.05) is 42.6 Å². The Morgan fingerprint density at radius 2 is 2.00 bits per heavy atom. The summed E-state index contributed by atoms with van der Waals surface area (Å²) in [7, 11) is 0. The lowest BCUT2D eigenvalue weighted by molar-refractivity contribution is -0.984. The molecule has 31 heavy (non-hydrogen) atoms. The van der Waals surface area contributed by atoms with Gasteiger partial charge in [-0.15, -0.1) is 6.58 Å². The highest BCUT2D eigenvalue weighted by Gasteiger charge is 2.53. The van der Waals surface area contributed by atoms with Gasteiger partial charge in [-0.2, -0.15) is 5.26 Å². The van der Waals surface area contributed by atoms with Gasteiger partial charge in [0, 0.05) is 35.9 Å². The van der Waals surface area contributed by atoms with Crippen molar-refractivity contribution in [3.63, 3.8) is 0 Å². The first-order valence-corrected chi connectivity index (χ1v) is 11.1. The van der Waals surface area contributed by atoms with E-state index in [2.05, 4.69) is 41.9 Å². The number of aliphatic hydroxyl groups excluding tert-OH is 1. The number of aliphatic hydroxyl groups is 1. The van der Waals surface area contributed by atoms with Crippen LogP contribution in [0.25, 0.3) is 10.9 Å². The predicted octanol–water partition coefficient (Wildman–Crippen LogP) is 4.75. The third kappa shape index (κ3) is 3.44. The molecule has 0 saturated carbocycles. The molecule has 0 aliphatic carbocycles. The summed E-state index contributed by atoms with van der Waals surface area (Å²) in [5.41, 5.74) is 3.82. The number of hydrogen-bond acceptors (Lipinski definition) is 3. The summed E-state index contributed by atoms with van der Waals surface area (Å²) in [6.07, 6.45) is 5.58. The fraction of sp³-hybridized carbons (Fsp3) is 0.333. The van der Waals surface area contributed by atoms with Crippen LogP contribution in [0, 0.1) is 23.2 Å². The van der Waals surface area contributed by atoms with Crippen molar-refractivity contribution in [3.05, 3.63) is 90.1 Å². The Bertz CT molecular complexity index is 1140. The van der Waals surface area contributed by atoms with Crippen LogP contribution in [0.4, 0.5) is 0 Å². The normalized spacial score (nSPS) is 28.2. The lowest BCUT2D eigenvalue weighted by Gasteiger charge is -2.58. The number of quaternary nitrogens is 1. The molecule has 0 radical (unpaired) electrons. The largest absolute Gasteiger partial charge is 0.382 e. The standard InChI is InChI=1S/C27H28N3O/c1-2-21-18-30(17-20-9-7-19(16-28)8-10-20)14-12-22(21)15-26(30)27(31)24-11-13-29-25-6-4-3-5-23(24)25/h2-11,13,21-22,26-27,31H,1,12,14-15,17-18H2/q+1/t21?,22-,26-,27+,30-/m0/s1. The molecule has 1 unspecified atom stereocenters. The molecule has 3 fully saturated rings. The molecule has 1 aromatic heterocycles. The molecule has 4 heterocycles. The molecule has 3 aliphatic rings. The number of nitrogens with zero attached hydrogens (tertiary/aromatic N) is 3. The highest BCUT2D eigenvalue weighted by atomic mass is 16.3. The summed E-state index contributed by atoms with van der Waals surface area (Å²) in [5, 5.41) is 21.9. The minimum Gasteiger partial charge on any atom is -0.382 e. The van der Waals surface area contributed by atoms with Gasteiger partial charge in [0.15, 0.2) is 0 Å². The summed E-state index contributed by atoms with van der Waals surface area (Å²) >= 11 is 0. The average Bonchev–Trinajstić information content (AvgIpc) is 2.83. The first kappa shape index (κ1) is 19.9. The van der Waals surface area contributed by atoms with Crippen molar-refractivity contribution in [2.45, 2.75) is 31.5 Å². The summed E-state index contributed by atoms with van der Waals surface area (Å²) < 4.78 is 0.872. The quantitative estimate of drug-likeness (QED) is 0.488. The maximum atomic E-state index is 11.7. The van der Waals surface area contributed by atoms with Gasteiger partial charge < -0.3 is 9.59 Å². The highest BCUT2D eigenvalue weighted by Crippen LogP contribution is 2.48. The Kier molecular flexibility index (Phi) is 5.09. The second-order valence-electron chi connectivity index (χ2n) is 9.21. The number of rotatable bonds is 5. The van der Waals surface area contributed by atoms with Crippen LogP contribution in [-0.4, -0.2) is 33.7 Å². The van der Waals surface area contributed by atoms with E-state index in [0.717, 1.165) is 47.0 Å². The van der Waals surface area contributed by atoms with E-state index in [-0.39, 0.29) is 6.04 Å². The molecular weight excluding hydrogens is 382 g/mol. The van der Waals surface area contributed by atoms with Crippen LogP contribution >= 0.6 is 0 Å².